The molecule has 0 spiro atoms. The summed E-state index contributed by atoms with van der Waals surface area (Å²) in [6.07, 6.45) is 0.672. The van der Waals surface area contributed by atoms with E-state index in [0.717, 1.165) is 29.2 Å². The second-order valence-electron chi connectivity index (χ2n) is 4.91. The van der Waals surface area contributed by atoms with Gasteiger partial charge in [0.05, 0.1) is 24.5 Å². The SMILES string of the molecule is CCn1nc(C)cc1C(Cc1cc(Cl)ccc1OC)NN. The standard InChI is InChI=1S/C15H21ClN4O/c1-4-20-14(7-10(2)19-20)13(18-17)9-11-8-12(16)5-6-15(11)21-3/h5-8,13,18H,4,9,17H2,1-3H3. The van der Waals surface area contributed by atoms with Crippen molar-refractivity contribution in [1.29, 1.82) is 0 Å². The monoisotopic (exact) mass is 308 g/mol. The first kappa shape index (κ1) is 15.8. The smallest absolute Gasteiger partial charge is 0.122 e. The van der Waals surface area contributed by atoms with E-state index in [1.165, 1.54) is 0 Å². The quantitative estimate of drug-likeness (QED) is 0.636. The van der Waals surface area contributed by atoms with Gasteiger partial charge < -0.3 is 4.74 Å². The minimum absolute atomic E-state index is 0.0569. The third-order valence-corrected chi connectivity index (χ3v) is 3.69. The van der Waals surface area contributed by atoms with Crippen molar-refractivity contribution in [2.75, 3.05) is 7.11 Å². The molecule has 2 rings (SSSR count). The lowest BCUT2D eigenvalue weighted by atomic mass is 10.0. The molecule has 1 atom stereocenters. The molecule has 0 bridgehead atoms. The summed E-state index contributed by atoms with van der Waals surface area (Å²) in [6, 6.07) is 7.58. The molecule has 0 fully saturated rings. The third kappa shape index (κ3) is 3.56. The number of rotatable bonds is 6. The highest BCUT2D eigenvalue weighted by atomic mass is 35.5. The van der Waals surface area contributed by atoms with Gasteiger partial charge in [-0.1, -0.05) is 11.6 Å². The van der Waals surface area contributed by atoms with Gasteiger partial charge >= 0.3 is 0 Å². The van der Waals surface area contributed by atoms with E-state index in [1.807, 2.05) is 35.9 Å². The van der Waals surface area contributed by atoms with E-state index in [2.05, 4.69) is 17.4 Å². The lowest BCUT2D eigenvalue weighted by molar-refractivity contribution is 0.403. The Morgan fingerprint density at radius 2 is 2.19 bits per heavy atom. The maximum atomic E-state index is 6.08. The molecule has 21 heavy (non-hydrogen) atoms. The van der Waals surface area contributed by atoms with E-state index >= 15 is 0 Å². The maximum absolute atomic E-state index is 6.08. The number of nitrogens with zero attached hydrogens (tertiary/aromatic N) is 2. The number of nitrogens with two attached hydrogens (primary N) is 1. The van der Waals surface area contributed by atoms with Gasteiger partial charge in [0.15, 0.2) is 0 Å². The summed E-state index contributed by atoms with van der Waals surface area (Å²) in [7, 11) is 1.65. The topological polar surface area (TPSA) is 65.1 Å². The summed E-state index contributed by atoms with van der Waals surface area (Å²) in [5, 5.41) is 5.15. The molecule has 1 aromatic carbocycles. The van der Waals surface area contributed by atoms with Gasteiger partial charge in [0.1, 0.15) is 5.75 Å². The van der Waals surface area contributed by atoms with Crippen LogP contribution in [0.15, 0.2) is 24.3 Å². The van der Waals surface area contributed by atoms with Crippen molar-refractivity contribution >= 4 is 11.6 Å². The van der Waals surface area contributed by atoms with Crippen LogP contribution in [0.1, 0.15) is 29.9 Å². The number of benzene rings is 1. The summed E-state index contributed by atoms with van der Waals surface area (Å²) >= 11 is 6.08. The van der Waals surface area contributed by atoms with Crippen LogP contribution < -0.4 is 16.0 Å². The van der Waals surface area contributed by atoms with Crippen LogP contribution in [0.4, 0.5) is 0 Å². The van der Waals surface area contributed by atoms with Gasteiger partial charge in [0, 0.05) is 11.6 Å². The molecule has 0 saturated heterocycles. The fraction of sp³-hybridized carbons (Fsp3) is 0.400. The van der Waals surface area contributed by atoms with Crippen molar-refractivity contribution in [1.82, 2.24) is 15.2 Å². The van der Waals surface area contributed by atoms with Crippen LogP contribution >= 0.6 is 11.6 Å². The van der Waals surface area contributed by atoms with Crippen LogP contribution in [0.2, 0.25) is 5.02 Å². The highest BCUT2D eigenvalue weighted by Gasteiger charge is 2.18. The molecule has 2 aromatic rings. The summed E-state index contributed by atoms with van der Waals surface area (Å²) < 4.78 is 7.35. The highest BCUT2D eigenvalue weighted by molar-refractivity contribution is 6.30. The number of ether oxygens (including phenoxy) is 1. The first-order valence-electron chi connectivity index (χ1n) is 6.92. The molecule has 1 unspecified atom stereocenters. The van der Waals surface area contributed by atoms with Gasteiger partial charge in [-0.3, -0.25) is 16.0 Å². The minimum Gasteiger partial charge on any atom is -0.496 e. The van der Waals surface area contributed by atoms with Crippen molar-refractivity contribution in [3.05, 3.63) is 46.2 Å². The Kier molecular flexibility index (Phi) is 5.22. The predicted octanol–water partition coefficient (Wildman–Crippen LogP) is 2.62. The van der Waals surface area contributed by atoms with Gasteiger partial charge in [0.25, 0.3) is 0 Å². The molecule has 3 N–H and O–H groups in total. The Morgan fingerprint density at radius 3 is 2.81 bits per heavy atom. The molecule has 0 aliphatic carbocycles. The van der Waals surface area contributed by atoms with Gasteiger partial charge in [-0.2, -0.15) is 5.10 Å². The Hall–Kier alpha value is -1.56. The zero-order chi connectivity index (χ0) is 15.4. The van der Waals surface area contributed by atoms with Gasteiger partial charge in [-0.15, -0.1) is 0 Å². The molecule has 1 heterocycles. The normalized spacial score (nSPS) is 12.4. The van der Waals surface area contributed by atoms with E-state index < -0.39 is 0 Å². The van der Waals surface area contributed by atoms with Crippen LogP contribution in [-0.2, 0) is 13.0 Å². The van der Waals surface area contributed by atoms with E-state index in [4.69, 9.17) is 22.2 Å². The Balaban J connectivity index is 2.33. The molecule has 114 valence electrons. The van der Waals surface area contributed by atoms with Crippen LogP contribution in [-0.4, -0.2) is 16.9 Å². The van der Waals surface area contributed by atoms with Crippen molar-refractivity contribution in [3.8, 4) is 5.75 Å². The van der Waals surface area contributed by atoms with Gasteiger partial charge in [0.2, 0.25) is 0 Å². The molecular formula is C15H21ClN4O. The highest BCUT2D eigenvalue weighted by Crippen LogP contribution is 2.27. The largest absolute Gasteiger partial charge is 0.496 e. The maximum Gasteiger partial charge on any atom is 0.122 e. The average molecular weight is 309 g/mol. The number of halogens is 1. The molecule has 1 aromatic heterocycles. The van der Waals surface area contributed by atoms with E-state index in [0.29, 0.717) is 11.4 Å². The van der Waals surface area contributed by atoms with E-state index in [9.17, 15) is 0 Å². The van der Waals surface area contributed by atoms with E-state index in [-0.39, 0.29) is 6.04 Å². The first-order valence-corrected chi connectivity index (χ1v) is 7.29. The van der Waals surface area contributed by atoms with Crippen LogP contribution in [0.3, 0.4) is 0 Å². The Labute approximate surface area is 130 Å². The number of hydrazine groups is 1. The average Bonchev–Trinajstić information content (AvgIpc) is 2.86. The second-order valence-corrected chi connectivity index (χ2v) is 5.34. The lowest BCUT2D eigenvalue weighted by Gasteiger charge is -2.19. The second kappa shape index (κ2) is 6.93. The number of hydrogen-bond donors (Lipinski definition) is 2. The van der Waals surface area contributed by atoms with Gasteiger partial charge in [-0.05, 0) is 50.1 Å². The van der Waals surface area contributed by atoms with Crippen molar-refractivity contribution in [2.24, 2.45) is 5.84 Å². The molecule has 0 amide bonds. The van der Waals surface area contributed by atoms with Crippen LogP contribution in [0, 0.1) is 6.92 Å². The predicted molar refractivity (Wildman–Crippen MR) is 84.4 cm³/mol. The summed E-state index contributed by atoms with van der Waals surface area (Å²) in [5.41, 5.74) is 5.91. The number of methoxy groups -OCH3 is 1. The molecule has 5 nitrogen and oxygen atoms in total. The zero-order valence-electron chi connectivity index (χ0n) is 12.6. The van der Waals surface area contributed by atoms with Gasteiger partial charge in [-0.25, -0.2) is 0 Å². The molecular weight excluding hydrogens is 288 g/mol. The summed E-state index contributed by atoms with van der Waals surface area (Å²) in [5.74, 6) is 6.55. The molecule has 0 radical (unpaired) electrons. The fourth-order valence-electron chi connectivity index (χ4n) is 2.47. The number of nitrogens with one attached hydrogen (secondary N) is 1. The van der Waals surface area contributed by atoms with Crippen molar-refractivity contribution in [2.45, 2.75) is 32.9 Å². The van der Waals surface area contributed by atoms with Crippen LogP contribution in [0.5, 0.6) is 5.75 Å². The van der Waals surface area contributed by atoms with E-state index in [1.54, 1.807) is 7.11 Å². The summed E-state index contributed by atoms with van der Waals surface area (Å²) in [4.78, 5) is 0. The number of hydrogen-bond acceptors (Lipinski definition) is 4. The zero-order valence-corrected chi connectivity index (χ0v) is 13.3. The Bertz CT molecular complexity index is 612. The molecule has 0 saturated carbocycles. The van der Waals surface area contributed by atoms with Crippen LogP contribution in [0.25, 0.3) is 0 Å². The number of aromatic nitrogens is 2. The van der Waals surface area contributed by atoms with Crippen molar-refractivity contribution in [3.63, 3.8) is 0 Å². The summed E-state index contributed by atoms with van der Waals surface area (Å²) in [6.45, 7) is 4.83. The third-order valence-electron chi connectivity index (χ3n) is 3.46. The van der Waals surface area contributed by atoms with Crippen molar-refractivity contribution < 1.29 is 4.74 Å². The molecule has 6 heteroatoms. The molecule has 0 aliphatic rings. The lowest BCUT2D eigenvalue weighted by Crippen LogP contribution is -2.31. The number of aryl methyl sites for hydroxylation is 2. The molecule has 0 aliphatic heterocycles. The minimum atomic E-state index is -0.0569. The first-order chi connectivity index (χ1) is 10.1. The fourth-order valence-corrected chi connectivity index (χ4v) is 2.67. The Morgan fingerprint density at radius 1 is 1.43 bits per heavy atom.